The fraction of sp³-hybridized carbons (Fsp3) is 0.407. The second-order valence-corrected chi connectivity index (χ2v) is 7.22. The van der Waals surface area contributed by atoms with Crippen LogP contribution in [0.25, 0.3) is 0 Å². The summed E-state index contributed by atoms with van der Waals surface area (Å²) in [4.78, 5) is 21.5. The lowest BCUT2D eigenvalue weighted by Gasteiger charge is -2.18. The quantitative estimate of drug-likeness (QED) is 0.307. The highest BCUT2D eigenvalue weighted by atomic mass is 16.5. The molecule has 0 aliphatic rings. The summed E-state index contributed by atoms with van der Waals surface area (Å²) >= 11 is 0. The molecule has 0 fully saturated rings. The second-order valence-electron chi connectivity index (χ2n) is 7.22. The van der Waals surface area contributed by atoms with Gasteiger partial charge in [0, 0.05) is 13.3 Å². The van der Waals surface area contributed by atoms with Gasteiger partial charge in [0.05, 0.1) is 14.2 Å². The highest BCUT2D eigenvalue weighted by Crippen LogP contribution is 2.29. The lowest BCUT2D eigenvalue weighted by molar-refractivity contribution is -0.111. The molecule has 4 nitrogen and oxygen atoms in total. The van der Waals surface area contributed by atoms with E-state index in [2.05, 4.69) is 19.6 Å². The van der Waals surface area contributed by atoms with Gasteiger partial charge in [-0.2, -0.15) is 0 Å². The maximum Gasteiger partial charge on any atom is 0.146 e. The first-order valence-electron chi connectivity index (χ1n) is 10.3. The van der Waals surface area contributed by atoms with Gasteiger partial charge in [-0.05, 0) is 59.7 Å². The number of hydrogen-bond acceptors (Lipinski definition) is 4. The first-order chi connectivity index (χ1) is 14.4. The molecular formula is C27H40O4. The summed E-state index contributed by atoms with van der Waals surface area (Å²) in [5, 5.41) is 0. The molecule has 3 atom stereocenters. The average molecular weight is 429 g/mol. The van der Waals surface area contributed by atoms with E-state index in [1.54, 1.807) is 14.2 Å². The second kappa shape index (κ2) is 15.0. The van der Waals surface area contributed by atoms with Crippen molar-refractivity contribution in [3.05, 3.63) is 71.8 Å². The summed E-state index contributed by atoms with van der Waals surface area (Å²) in [5.74, 6) is 2.10. The van der Waals surface area contributed by atoms with Crippen molar-refractivity contribution in [1.29, 1.82) is 0 Å². The number of carbonyl (C=O) groups is 2. The predicted molar refractivity (Wildman–Crippen MR) is 131 cm³/mol. The highest BCUT2D eigenvalue weighted by Gasteiger charge is 2.17. The van der Waals surface area contributed by atoms with E-state index in [0.717, 1.165) is 42.5 Å². The van der Waals surface area contributed by atoms with Crippen molar-refractivity contribution in [3.8, 4) is 11.5 Å². The van der Waals surface area contributed by atoms with Crippen LogP contribution in [0, 0.1) is 5.92 Å². The largest absolute Gasteiger partial charge is 0.497 e. The number of benzene rings is 2. The Labute approximate surface area is 189 Å². The highest BCUT2D eigenvalue weighted by molar-refractivity contribution is 5.75. The molecule has 2 rings (SSSR count). The van der Waals surface area contributed by atoms with Gasteiger partial charge in [-0.3, -0.25) is 4.79 Å². The molecule has 31 heavy (non-hydrogen) atoms. The molecule has 0 aromatic heterocycles. The molecule has 0 aliphatic carbocycles. The zero-order valence-corrected chi connectivity index (χ0v) is 18.8. The molecule has 172 valence electrons. The molecule has 0 amide bonds. The Hall–Kier alpha value is -2.88. The van der Waals surface area contributed by atoms with E-state index in [0.29, 0.717) is 5.57 Å². The molecule has 0 saturated carbocycles. The third-order valence-corrected chi connectivity index (χ3v) is 5.31. The number of rotatable bonds is 10. The van der Waals surface area contributed by atoms with Crippen LogP contribution in [0.4, 0.5) is 0 Å². The third-order valence-electron chi connectivity index (χ3n) is 5.31. The Kier molecular flexibility index (Phi) is 13.6. The van der Waals surface area contributed by atoms with E-state index in [9.17, 15) is 9.59 Å². The number of aldehydes is 2. The zero-order chi connectivity index (χ0) is 22.5. The SMILES string of the molecule is C.C=C(C=O)C(CC)c1cccc(OC)c1.CCC(c1cccc(OC)c1)C(C)C=O.[HH]. The molecule has 0 aliphatic heterocycles. The maximum atomic E-state index is 10.8. The first-order valence-corrected chi connectivity index (χ1v) is 10.3. The zero-order valence-electron chi connectivity index (χ0n) is 18.8. The molecule has 0 bridgehead atoms. The van der Waals surface area contributed by atoms with Gasteiger partial charge in [-0.15, -0.1) is 0 Å². The van der Waals surface area contributed by atoms with E-state index < -0.39 is 0 Å². The molecule has 0 heterocycles. The molecule has 0 spiro atoms. The minimum atomic E-state index is 0. The van der Waals surface area contributed by atoms with Gasteiger partial charge >= 0.3 is 0 Å². The number of methoxy groups -OCH3 is 2. The maximum absolute atomic E-state index is 10.8. The Morgan fingerprint density at radius 2 is 1.48 bits per heavy atom. The van der Waals surface area contributed by atoms with Crippen LogP contribution >= 0.6 is 0 Å². The molecular weight excluding hydrogens is 388 g/mol. The minimum Gasteiger partial charge on any atom is -0.497 e. The van der Waals surface area contributed by atoms with Crippen LogP contribution in [0.3, 0.4) is 0 Å². The van der Waals surface area contributed by atoms with E-state index in [1.807, 2.05) is 56.3 Å². The smallest absolute Gasteiger partial charge is 0.146 e. The fourth-order valence-electron chi connectivity index (χ4n) is 3.53. The molecule has 0 N–H and O–H groups in total. The van der Waals surface area contributed by atoms with Crippen molar-refractivity contribution in [3.63, 3.8) is 0 Å². The normalized spacial score (nSPS) is 12.7. The van der Waals surface area contributed by atoms with Gasteiger partial charge in [-0.25, -0.2) is 0 Å². The minimum absolute atomic E-state index is 0. The lowest BCUT2D eigenvalue weighted by Crippen LogP contribution is -2.10. The number of allylic oxidation sites excluding steroid dienone is 1. The van der Waals surface area contributed by atoms with Gasteiger partial charge in [0.1, 0.15) is 24.1 Å². The van der Waals surface area contributed by atoms with Crippen molar-refractivity contribution in [2.45, 2.75) is 52.9 Å². The van der Waals surface area contributed by atoms with Gasteiger partial charge in [0.2, 0.25) is 0 Å². The van der Waals surface area contributed by atoms with Crippen LogP contribution < -0.4 is 9.47 Å². The summed E-state index contributed by atoms with van der Waals surface area (Å²) in [6, 6.07) is 15.7. The van der Waals surface area contributed by atoms with Crippen molar-refractivity contribution in [1.82, 2.24) is 0 Å². The summed E-state index contributed by atoms with van der Waals surface area (Å²) in [6.45, 7) is 9.87. The first kappa shape index (κ1) is 28.1. The summed E-state index contributed by atoms with van der Waals surface area (Å²) in [5.41, 5.74) is 2.87. The summed E-state index contributed by atoms with van der Waals surface area (Å²) in [7, 11) is 3.29. The number of ether oxygens (including phenoxy) is 2. The molecule has 2 aromatic rings. The topological polar surface area (TPSA) is 52.6 Å². The third kappa shape index (κ3) is 8.41. The molecule has 2 aromatic carbocycles. The van der Waals surface area contributed by atoms with E-state index >= 15 is 0 Å². The van der Waals surface area contributed by atoms with Crippen molar-refractivity contribution in [2.75, 3.05) is 14.2 Å². The predicted octanol–water partition coefficient (Wildman–Crippen LogP) is 6.85. The van der Waals surface area contributed by atoms with Crippen LogP contribution in [0.1, 0.15) is 65.4 Å². The van der Waals surface area contributed by atoms with Crippen molar-refractivity contribution in [2.24, 2.45) is 5.92 Å². The molecule has 0 saturated heterocycles. The van der Waals surface area contributed by atoms with Gasteiger partial charge in [-0.1, -0.05) is 59.0 Å². The van der Waals surface area contributed by atoms with Gasteiger partial charge in [0.25, 0.3) is 0 Å². The van der Waals surface area contributed by atoms with Gasteiger partial charge < -0.3 is 14.3 Å². The Bertz CT molecular complexity index is 819. The fourth-order valence-corrected chi connectivity index (χ4v) is 3.53. The molecule has 0 radical (unpaired) electrons. The summed E-state index contributed by atoms with van der Waals surface area (Å²) in [6.07, 6.45) is 3.68. The Morgan fingerprint density at radius 3 is 1.90 bits per heavy atom. The standard InChI is InChI=1S/C13H18O2.C13H16O2.CH4.H2/c2*1-4-13(10(2)9-14)11-6-5-7-12(8-11)15-3;;/h5-10,13H,4H2,1-3H3;5-9,13H,2,4H2,1,3H3;1H4;1H. The van der Waals surface area contributed by atoms with Crippen LogP contribution in [0.5, 0.6) is 11.5 Å². The Balaban J connectivity index is 0. The number of carbonyl (C=O) groups excluding carboxylic acids is 2. The van der Waals surface area contributed by atoms with Crippen LogP contribution in [0.2, 0.25) is 0 Å². The monoisotopic (exact) mass is 428 g/mol. The van der Waals surface area contributed by atoms with Crippen LogP contribution in [-0.4, -0.2) is 26.8 Å². The number of hydrogen-bond donors (Lipinski definition) is 0. The van der Waals surface area contributed by atoms with Crippen molar-refractivity contribution >= 4 is 12.6 Å². The molecule has 4 heteroatoms. The van der Waals surface area contributed by atoms with Gasteiger partial charge in [0.15, 0.2) is 0 Å². The average Bonchev–Trinajstić information content (AvgIpc) is 2.80. The van der Waals surface area contributed by atoms with E-state index in [1.165, 1.54) is 5.56 Å². The lowest BCUT2D eigenvalue weighted by atomic mass is 9.86. The Morgan fingerprint density at radius 1 is 0.968 bits per heavy atom. The summed E-state index contributed by atoms with van der Waals surface area (Å²) < 4.78 is 10.3. The van der Waals surface area contributed by atoms with Crippen LogP contribution in [0.15, 0.2) is 60.7 Å². The molecule has 3 unspecified atom stereocenters. The van der Waals surface area contributed by atoms with E-state index in [4.69, 9.17) is 9.47 Å². The van der Waals surface area contributed by atoms with Crippen molar-refractivity contribution < 1.29 is 20.5 Å². The van der Waals surface area contributed by atoms with Crippen LogP contribution in [-0.2, 0) is 9.59 Å². The van der Waals surface area contributed by atoms with E-state index in [-0.39, 0.29) is 26.6 Å².